The Morgan fingerprint density at radius 1 is 1.40 bits per heavy atom. The van der Waals surface area contributed by atoms with Crippen LogP contribution in [0.15, 0.2) is 22.7 Å². The van der Waals surface area contributed by atoms with Crippen LogP contribution in [0, 0.1) is 0 Å². The predicted molar refractivity (Wildman–Crippen MR) is 60.7 cm³/mol. The van der Waals surface area contributed by atoms with Crippen LogP contribution in [-0.2, 0) is 10.3 Å². The van der Waals surface area contributed by atoms with Crippen LogP contribution in [0.4, 0.5) is 0 Å². The lowest BCUT2D eigenvalue weighted by molar-refractivity contribution is 0.0598. The summed E-state index contributed by atoms with van der Waals surface area (Å²) >= 11 is 3.28. The van der Waals surface area contributed by atoms with Crippen LogP contribution < -0.4 is 0 Å². The van der Waals surface area contributed by atoms with Crippen molar-refractivity contribution in [3.8, 4) is 0 Å². The Kier molecular flexibility index (Phi) is 3.52. The summed E-state index contributed by atoms with van der Waals surface area (Å²) in [6.45, 7) is 3.33. The van der Waals surface area contributed by atoms with E-state index < -0.39 is 11.6 Å². The fourth-order valence-electron chi connectivity index (χ4n) is 1.18. The molecule has 0 atom stereocenters. The van der Waals surface area contributed by atoms with Gasteiger partial charge in [-0.25, -0.2) is 4.79 Å². The predicted octanol–water partition coefficient (Wildman–Crippen LogP) is 2.46. The lowest BCUT2D eigenvalue weighted by Gasteiger charge is -2.18. The zero-order valence-corrected chi connectivity index (χ0v) is 10.5. The molecule has 3 nitrogen and oxygen atoms in total. The molecule has 82 valence electrons. The fourth-order valence-corrected chi connectivity index (χ4v) is 1.67. The Labute approximate surface area is 97.2 Å². The SMILES string of the molecule is COC(=O)c1cc(Br)cc(C(C)(C)O)c1. The number of halogens is 1. The molecule has 0 saturated carbocycles. The normalized spacial score (nSPS) is 11.3. The summed E-state index contributed by atoms with van der Waals surface area (Å²) in [5, 5.41) is 9.82. The maximum Gasteiger partial charge on any atom is 0.337 e. The highest BCUT2D eigenvalue weighted by molar-refractivity contribution is 9.10. The number of rotatable bonds is 2. The number of aliphatic hydroxyl groups is 1. The first kappa shape index (κ1) is 12.2. The van der Waals surface area contributed by atoms with Gasteiger partial charge in [-0.2, -0.15) is 0 Å². The zero-order valence-electron chi connectivity index (χ0n) is 8.87. The first-order valence-electron chi connectivity index (χ1n) is 4.46. The quantitative estimate of drug-likeness (QED) is 0.842. The largest absolute Gasteiger partial charge is 0.465 e. The van der Waals surface area contributed by atoms with Crippen molar-refractivity contribution in [3.05, 3.63) is 33.8 Å². The third-order valence-electron chi connectivity index (χ3n) is 2.03. The van der Waals surface area contributed by atoms with E-state index in [0.29, 0.717) is 11.1 Å². The van der Waals surface area contributed by atoms with Gasteiger partial charge in [-0.05, 0) is 37.6 Å². The number of ether oxygens (including phenoxy) is 1. The Hall–Kier alpha value is -0.870. The molecule has 0 aliphatic heterocycles. The van der Waals surface area contributed by atoms with Crippen molar-refractivity contribution in [3.63, 3.8) is 0 Å². The molecule has 0 heterocycles. The van der Waals surface area contributed by atoms with Crippen LogP contribution in [-0.4, -0.2) is 18.2 Å². The molecule has 0 amide bonds. The highest BCUT2D eigenvalue weighted by Crippen LogP contribution is 2.25. The number of hydrogen-bond donors (Lipinski definition) is 1. The lowest BCUT2D eigenvalue weighted by Crippen LogP contribution is -2.16. The molecule has 0 fully saturated rings. The van der Waals surface area contributed by atoms with Crippen LogP contribution >= 0.6 is 15.9 Å². The summed E-state index contributed by atoms with van der Waals surface area (Å²) in [6.07, 6.45) is 0. The van der Waals surface area contributed by atoms with E-state index in [2.05, 4.69) is 20.7 Å². The average molecular weight is 273 g/mol. The molecule has 1 N–H and O–H groups in total. The molecule has 0 aliphatic rings. The maximum atomic E-state index is 11.3. The lowest BCUT2D eigenvalue weighted by atomic mass is 9.97. The molecule has 0 spiro atoms. The van der Waals surface area contributed by atoms with Crippen molar-refractivity contribution in [2.24, 2.45) is 0 Å². The third-order valence-corrected chi connectivity index (χ3v) is 2.48. The second-order valence-corrected chi connectivity index (χ2v) is 4.69. The smallest absolute Gasteiger partial charge is 0.337 e. The average Bonchev–Trinajstić information content (AvgIpc) is 2.14. The Bertz CT molecular complexity index is 380. The summed E-state index contributed by atoms with van der Waals surface area (Å²) in [4.78, 5) is 11.3. The van der Waals surface area contributed by atoms with E-state index >= 15 is 0 Å². The molecule has 0 bridgehead atoms. The van der Waals surface area contributed by atoms with E-state index in [1.165, 1.54) is 7.11 Å². The van der Waals surface area contributed by atoms with Gasteiger partial charge in [0.25, 0.3) is 0 Å². The topological polar surface area (TPSA) is 46.5 Å². The van der Waals surface area contributed by atoms with Gasteiger partial charge in [0, 0.05) is 4.47 Å². The second kappa shape index (κ2) is 4.33. The molecular weight excluding hydrogens is 260 g/mol. The first-order valence-corrected chi connectivity index (χ1v) is 5.25. The van der Waals surface area contributed by atoms with Crippen LogP contribution in [0.1, 0.15) is 29.8 Å². The van der Waals surface area contributed by atoms with Crippen molar-refractivity contribution >= 4 is 21.9 Å². The first-order chi connectivity index (χ1) is 6.84. The molecule has 0 aromatic heterocycles. The minimum atomic E-state index is -0.980. The molecular formula is C11H13BrO3. The number of esters is 1. The van der Waals surface area contributed by atoms with Crippen molar-refractivity contribution in [2.75, 3.05) is 7.11 Å². The van der Waals surface area contributed by atoms with Crippen molar-refractivity contribution in [1.82, 2.24) is 0 Å². The standard InChI is InChI=1S/C11H13BrO3/c1-11(2,14)8-4-7(10(13)15-3)5-9(12)6-8/h4-6,14H,1-3H3. The number of carbonyl (C=O) groups is 1. The summed E-state index contributed by atoms with van der Waals surface area (Å²) in [7, 11) is 1.33. The van der Waals surface area contributed by atoms with Gasteiger partial charge in [-0.1, -0.05) is 15.9 Å². The van der Waals surface area contributed by atoms with E-state index in [1.54, 1.807) is 32.0 Å². The molecule has 15 heavy (non-hydrogen) atoms. The summed E-state index contributed by atoms with van der Waals surface area (Å²) in [6, 6.07) is 5.05. The summed E-state index contributed by atoms with van der Waals surface area (Å²) in [5.41, 5.74) is 0.105. The van der Waals surface area contributed by atoms with E-state index in [1.807, 2.05) is 0 Å². The maximum absolute atomic E-state index is 11.3. The van der Waals surface area contributed by atoms with Gasteiger partial charge in [-0.15, -0.1) is 0 Å². The van der Waals surface area contributed by atoms with Crippen LogP contribution in [0.2, 0.25) is 0 Å². The molecule has 0 aliphatic carbocycles. The van der Waals surface area contributed by atoms with Gasteiger partial charge in [0.1, 0.15) is 0 Å². The van der Waals surface area contributed by atoms with Crippen molar-refractivity contribution < 1.29 is 14.6 Å². The summed E-state index contributed by atoms with van der Waals surface area (Å²) < 4.78 is 5.36. The number of methoxy groups -OCH3 is 1. The van der Waals surface area contributed by atoms with Gasteiger partial charge in [0.2, 0.25) is 0 Å². The minimum Gasteiger partial charge on any atom is -0.465 e. The zero-order chi connectivity index (χ0) is 11.6. The van der Waals surface area contributed by atoms with Gasteiger partial charge in [0.15, 0.2) is 0 Å². The number of benzene rings is 1. The van der Waals surface area contributed by atoms with Crippen LogP contribution in [0.5, 0.6) is 0 Å². The van der Waals surface area contributed by atoms with Gasteiger partial charge in [0.05, 0.1) is 18.3 Å². The fraction of sp³-hybridized carbons (Fsp3) is 0.364. The van der Waals surface area contributed by atoms with E-state index in [0.717, 1.165) is 4.47 Å². The van der Waals surface area contributed by atoms with Crippen molar-refractivity contribution in [2.45, 2.75) is 19.4 Å². The third kappa shape index (κ3) is 3.04. The molecule has 0 radical (unpaired) electrons. The van der Waals surface area contributed by atoms with Gasteiger partial charge in [-0.3, -0.25) is 0 Å². The Morgan fingerprint density at radius 3 is 2.47 bits per heavy atom. The molecule has 1 aromatic rings. The van der Waals surface area contributed by atoms with E-state index in [-0.39, 0.29) is 0 Å². The monoisotopic (exact) mass is 272 g/mol. The number of hydrogen-bond acceptors (Lipinski definition) is 3. The molecule has 0 unspecified atom stereocenters. The highest BCUT2D eigenvalue weighted by atomic mass is 79.9. The van der Waals surface area contributed by atoms with Gasteiger partial charge >= 0.3 is 5.97 Å². The van der Waals surface area contributed by atoms with Gasteiger partial charge < -0.3 is 9.84 Å². The van der Waals surface area contributed by atoms with Crippen molar-refractivity contribution in [1.29, 1.82) is 0 Å². The Balaban J connectivity index is 3.23. The molecule has 1 rings (SSSR count). The molecule has 0 saturated heterocycles. The number of carbonyl (C=O) groups excluding carboxylic acids is 1. The molecule has 4 heteroatoms. The van der Waals surface area contributed by atoms with Crippen LogP contribution in [0.3, 0.4) is 0 Å². The Morgan fingerprint density at radius 2 is 2.00 bits per heavy atom. The minimum absolute atomic E-state index is 0.415. The van der Waals surface area contributed by atoms with E-state index in [4.69, 9.17) is 0 Å². The van der Waals surface area contributed by atoms with Crippen LogP contribution in [0.25, 0.3) is 0 Å². The van der Waals surface area contributed by atoms with E-state index in [9.17, 15) is 9.90 Å². The summed E-state index contributed by atoms with van der Waals surface area (Å²) in [5.74, 6) is -0.415. The highest BCUT2D eigenvalue weighted by Gasteiger charge is 2.18. The second-order valence-electron chi connectivity index (χ2n) is 3.78. The molecule has 1 aromatic carbocycles.